The molecule has 1 aromatic heterocycles. The topological polar surface area (TPSA) is 26.1 Å². The van der Waals surface area contributed by atoms with Gasteiger partial charge in [-0.05, 0) is 171 Å². The Balaban J connectivity index is 1.09. The molecule has 6 heteroatoms. The van der Waals surface area contributed by atoms with Gasteiger partial charge in [0.2, 0.25) is 0 Å². The number of nitrogens with zero attached hydrogens (tertiary/aromatic N) is 4. The number of furan rings is 1. The van der Waals surface area contributed by atoms with Crippen molar-refractivity contribution < 1.29 is 4.42 Å². The van der Waals surface area contributed by atoms with Gasteiger partial charge >= 0.3 is 0 Å². The van der Waals surface area contributed by atoms with Crippen molar-refractivity contribution in [3.05, 3.63) is 216 Å². The highest BCUT2D eigenvalue weighted by Crippen LogP contribution is 2.62. The van der Waals surface area contributed by atoms with Gasteiger partial charge in [-0.25, -0.2) is 0 Å². The van der Waals surface area contributed by atoms with Crippen LogP contribution in [-0.4, -0.2) is 12.3 Å². The lowest BCUT2D eigenvalue weighted by Crippen LogP contribution is -2.64. The lowest BCUT2D eigenvalue weighted by Gasteiger charge is -2.53. The average Bonchev–Trinajstić information content (AvgIpc) is 1.49. The molecule has 9 aromatic carbocycles. The summed E-state index contributed by atoms with van der Waals surface area (Å²) < 4.78 is 7.19. The molecule has 422 valence electrons. The molecule has 0 amide bonds. The minimum atomic E-state index is -0.173. The first-order valence-electron chi connectivity index (χ1n) is 30.9. The van der Waals surface area contributed by atoms with Gasteiger partial charge < -0.3 is 24.0 Å². The van der Waals surface area contributed by atoms with E-state index in [9.17, 15) is 0 Å². The van der Waals surface area contributed by atoms with Crippen molar-refractivity contribution in [1.82, 2.24) is 0 Å². The summed E-state index contributed by atoms with van der Waals surface area (Å²) in [7, 11) is 0. The minimum absolute atomic E-state index is 0.00256. The van der Waals surface area contributed by atoms with Crippen LogP contribution in [0.1, 0.15) is 150 Å². The molecule has 4 heterocycles. The van der Waals surface area contributed by atoms with Crippen molar-refractivity contribution >= 4 is 108 Å². The van der Waals surface area contributed by atoms with Crippen molar-refractivity contribution in [1.29, 1.82) is 0 Å². The maximum atomic E-state index is 7.19. The average molecular weight is 1100 g/mol. The molecule has 0 N–H and O–H groups in total. The van der Waals surface area contributed by atoms with E-state index in [1.807, 2.05) is 0 Å². The number of hydrogen-bond acceptors (Lipinski definition) is 5. The molecule has 84 heavy (non-hydrogen) atoms. The lowest BCUT2D eigenvalue weighted by molar-refractivity contribution is 0.195. The van der Waals surface area contributed by atoms with E-state index in [1.165, 1.54) is 68.4 Å². The second-order valence-corrected chi connectivity index (χ2v) is 29.4. The molecular weight excluding hydrogens is 1020 g/mol. The Morgan fingerprint density at radius 1 is 0.417 bits per heavy atom. The molecule has 2 unspecified atom stereocenters. The Labute approximate surface area is 500 Å². The van der Waals surface area contributed by atoms with Crippen LogP contribution in [0.4, 0.5) is 62.6 Å². The van der Waals surface area contributed by atoms with E-state index in [0.29, 0.717) is 0 Å². The largest absolute Gasteiger partial charge is 0.454 e. The van der Waals surface area contributed by atoms with Gasteiger partial charge in [-0.2, -0.15) is 0 Å². The number of anilines is 11. The van der Waals surface area contributed by atoms with Crippen LogP contribution in [0.15, 0.2) is 192 Å². The zero-order chi connectivity index (χ0) is 58.6. The molecule has 4 aliphatic rings. The SMILES string of the molecule is CC(C)(C)c1ccc(N(c2ccc(C(C)(C)C)cc2)c2ccc3c(c2)N(c2cccc4c2oc2ccccc24)c2cc(N(c4ccc(C(C)(C)C)cc4)c4ccc(C(C)(C)C)cc4)cc4c2B3c2cccc3c2N4C2(C)CCCCC32C)cc1. The highest BCUT2D eigenvalue weighted by molar-refractivity contribution is 7.00. The third-order valence-corrected chi connectivity index (χ3v) is 20.0. The second-order valence-electron chi connectivity index (χ2n) is 29.4. The molecule has 0 saturated heterocycles. The number of fused-ring (bicyclic) bond motifs is 10. The maximum Gasteiger partial charge on any atom is 0.252 e. The summed E-state index contributed by atoms with van der Waals surface area (Å²) >= 11 is 0. The fraction of sp³-hybridized carbons (Fsp3) is 0.308. The minimum Gasteiger partial charge on any atom is -0.454 e. The van der Waals surface area contributed by atoms with E-state index in [1.54, 1.807) is 0 Å². The molecule has 0 bridgehead atoms. The van der Waals surface area contributed by atoms with Crippen molar-refractivity contribution in [2.24, 2.45) is 0 Å². The third kappa shape index (κ3) is 8.31. The summed E-state index contributed by atoms with van der Waals surface area (Å²) in [4.78, 5) is 10.5. The molecular formula is C78H81BN4O. The van der Waals surface area contributed by atoms with Gasteiger partial charge in [0.1, 0.15) is 5.58 Å². The standard InChI is InChI=1S/C78H81BN4O/c1-73(2,3)50-27-35-54(36-28-50)80(55-37-29-51(30-38-55)74(4,5)6)58-43-44-63-66(47-58)82(65-25-19-22-61-60-21-15-16-26-69(60)84-72(61)65)67-48-59(81(56-39-31-52(32-40-56)75(7,8)9)57-41-33-53(34-42-57)76(10,11)12)49-68-70(67)79(63)64-24-20-23-62-71(64)83(68)78(14)46-18-17-45-77(62,78)13/h15-16,19-44,47-49H,17-18,45-46H2,1-14H3. The van der Waals surface area contributed by atoms with Crippen molar-refractivity contribution in [3.63, 3.8) is 0 Å². The summed E-state index contributed by atoms with van der Waals surface area (Å²) in [5, 5.41) is 2.22. The number of rotatable bonds is 7. The van der Waals surface area contributed by atoms with Gasteiger partial charge in [0.25, 0.3) is 6.71 Å². The van der Waals surface area contributed by atoms with E-state index < -0.39 is 0 Å². The summed E-state index contributed by atoms with van der Waals surface area (Å²) in [5.74, 6) is 0. The molecule has 5 nitrogen and oxygen atoms in total. The first kappa shape index (κ1) is 54.0. The lowest BCUT2D eigenvalue weighted by atomic mass is 9.33. The smallest absolute Gasteiger partial charge is 0.252 e. The Hall–Kier alpha value is -7.96. The van der Waals surface area contributed by atoms with Crippen molar-refractivity contribution in [2.45, 2.75) is 155 Å². The fourth-order valence-corrected chi connectivity index (χ4v) is 15.0. The molecule has 1 saturated carbocycles. The molecule has 2 atom stereocenters. The van der Waals surface area contributed by atoms with Crippen LogP contribution in [0.25, 0.3) is 21.9 Å². The normalized spacial score (nSPS) is 18.2. The summed E-state index contributed by atoms with van der Waals surface area (Å²) in [6.45, 7) is 32.8. The van der Waals surface area contributed by atoms with Gasteiger partial charge in [0.15, 0.2) is 5.58 Å². The Morgan fingerprint density at radius 3 is 1.43 bits per heavy atom. The molecule has 1 aliphatic carbocycles. The van der Waals surface area contributed by atoms with Crippen molar-refractivity contribution in [2.75, 3.05) is 19.6 Å². The van der Waals surface area contributed by atoms with E-state index in [-0.39, 0.29) is 39.3 Å². The molecule has 1 fully saturated rings. The Bertz CT molecular complexity index is 4110. The molecule has 14 rings (SSSR count). The highest BCUT2D eigenvalue weighted by Gasteiger charge is 2.61. The highest BCUT2D eigenvalue weighted by atomic mass is 16.3. The van der Waals surface area contributed by atoms with E-state index in [0.717, 1.165) is 86.0 Å². The number of para-hydroxylation sites is 3. The van der Waals surface area contributed by atoms with Gasteiger partial charge in [-0.15, -0.1) is 0 Å². The van der Waals surface area contributed by atoms with Gasteiger partial charge in [0, 0.05) is 67.4 Å². The number of benzene rings is 9. The molecule has 0 radical (unpaired) electrons. The zero-order valence-corrected chi connectivity index (χ0v) is 52.0. The summed E-state index contributed by atoms with van der Waals surface area (Å²) in [6.07, 6.45) is 4.69. The quantitative estimate of drug-likeness (QED) is 0.148. The van der Waals surface area contributed by atoms with Crippen LogP contribution in [0.3, 0.4) is 0 Å². The predicted octanol–water partition coefficient (Wildman–Crippen LogP) is 20.1. The van der Waals surface area contributed by atoms with Crippen LogP contribution in [0, 0.1) is 0 Å². The van der Waals surface area contributed by atoms with Gasteiger partial charge in [-0.1, -0.05) is 206 Å². The fourth-order valence-electron chi connectivity index (χ4n) is 15.0. The van der Waals surface area contributed by atoms with Gasteiger partial charge in [0.05, 0.1) is 16.9 Å². The first-order chi connectivity index (χ1) is 39.9. The van der Waals surface area contributed by atoms with Crippen molar-refractivity contribution in [3.8, 4) is 0 Å². The Morgan fingerprint density at radius 2 is 0.881 bits per heavy atom. The summed E-state index contributed by atoms with van der Waals surface area (Å²) in [5.41, 5.74) is 25.0. The third-order valence-electron chi connectivity index (χ3n) is 20.0. The van der Waals surface area contributed by atoms with Gasteiger partial charge in [-0.3, -0.25) is 0 Å². The van der Waals surface area contributed by atoms with Crippen LogP contribution < -0.4 is 36.0 Å². The van der Waals surface area contributed by atoms with Crippen LogP contribution in [-0.2, 0) is 27.1 Å². The second kappa shape index (κ2) is 18.8. The van der Waals surface area contributed by atoms with E-state index in [2.05, 4.69) is 305 Å². The molecule has 0 spiro atoms. The number of hydrogen-bond donors (Lipinski definition) is 0. The van der Waals surface area contributed by atoms with E-state index in [4.69, 9.17) is 4.42 Å². The molecule has 10 aromatic rings. The van der Waals surface area contributed by atoms with Crippen LogP contribution in [0.5, 0.6) is 0 Å². The zero-order valence-electron chi connectivity index (χ0n) is 52.0. The summed E-state index contributed by atoms with van der Waals surface area (Å²) in [6, 6.07) is 72.4. The van der Waals surface area contributed by atoms with Crippen LogP contribution >= 0.6 is 0 Å². The monoisotopic (exact) mass is 1100 g/mol. The predicted molar refractivity (Wildman–Crippen MR) is 360 cm³/mol. The maximum absolute atomic E-state index is 7.19. The van der Waals surface area contributed by atoms with E-state index >= 15 is 0 Å². The van der Waals surface area contributed by atoms with Crippen LogP contribution in [0.2, 0.25) is 0 Å². The first-order valence-corrected chi connectivity index (χ1v) is 30.9. The molecule has 3 aliphatic heterocycles. The Kier molecular flexibility index (Phi) is 12.1.